The molecule has 116 valence electrons. The summed E-state index contributed by atoms with van der Waals surface area (Å²) < 4.78 is 11.0. The molecule has 3 heterocycles. The molecule has 4 rings (SSSR count). The van der Waals surface area contributed by atoms with Crippen LogP contribution in [0, 0.1) is 3.57 Å². The van der Waals surface area contributed by atoms with E-state index in [1.54, 1.807) is 7.05 Å². The molecule has 3 aromatic heterocycles. The Bertz CT molecular complexity index is 1080. The molecule has 0 aliphatic carbocycles. The lowest BCUT2D eigenvalue weighted by molar-refractivity contribution is 0.294. The quantitative estimate of drug-likeness (QED) is 0.462. The first-order valence-electron chi connectivity index (χ1n) is 6.84. The molecule has 0 atom stereocenters. The number of ether oxygens (including phenoxy) is 1. The normalized spacial score (nSPS) is 11.4. The van der Waals surface area contributed by atoms with Gasteiger partial charge >= 0.3 is 0 Å². The van der Waals surface area contributed by atoms with E-state index in [-0.39, 0.29) is 12.2 Å². The highest BCUT2D eigenvalue weighted by Crippen LogP contribution is 2.20. The molecular formula is C15H11IN4O2S. The highest BCUT2D eigenvalue weighted by Gasteiger charge is 2.15. The van der Waals surface area contributed by atoms with Crippen LogP contribution in [0.4, 0.5) is 0 Å². The maximum absolute atomic E-state index is 12.3. The van der Waals surface area contributed by atoms with E-state index >= 15 is 0 Å². The number of hydrogen-bond donors (Lipinski definition) is 0. The van der Waals surface area contributed by atoms with Gasteiger partial charge in [-0.3, -0.25) is 13.8 Å². The van der Waals surface area contributed by atoms with E-state index in [9.17, 15) is 4.79 Å². The molecule has 0 amide bonds. The van der Waals surface area contributed by atoms with Crippen LogP contribution in [-0.2, 0) is 13.7 Å². The lowest BCUT2D eigenvalue weighted by Crippen LogP contribution is -2.19. The average molecular weight is 438 g/mol. The molecule has 0 N–H and O–H groups in total. The van der Waals surface area contributed by atoms with Crippen molar-refractivity contribution in [1.82, 2.24) is 19.2 Å². The molecule has 0 aliphatic rings. The monoisotopic (exact) mass is 438 g/mol. The Morgan fingerprint density at radius 1 is 1.30 bits per heavy atom. The van der Waals surface area contributed by atoms with Crippen molar-refractivity contribution in [2.24, 2.45) is 7.05 Å². The Morgan fingerprint density at radius 3 is 3.00 bits per heavy atom. The van der Waals surface area contributed by atoms with Gasteiger partial charge in [-0.15, -0.1) is 21.5 Å². The fourth-order valence-corrected chi connectivity index (χ4v) is 3.82. The van der Waals surface area contributed by atoms with Crippen LogP contribution in [0.15, 0.2) is 40.5 Å². The number of benzene rings is 1. The maximum Gasteiger partial charge on any atom is 0.272 e. The number of fused-ring (bicyclic) bond motifs is 3. The summed E-state index contributed by atoms with van der Waals surface area (Å²) in [5.74, 6) is 1.96. The zero-order valence-corrected chi connectivity index (χ0v) is 15.0. The molecule has 4 aromatic rings. The fraction of sp³-hybridized carbons (Fsp3) is 0.133. The minimum absolute atomic E-state index is 0.0556. The second kappa shape index (κ2) is 5.60. The van der Waals surface area contributed by atoms with Crippen LogP contribution in [0.1, 0.15) is 5.82 Å². The van der Waals surface area contributed by atoms with Crippen LogP contribution in [0.5, 0.6) is 5.75 Å². The van der Waals surface area contributed by atoms with Gasteiger partial charge in [-0.05, 0) is 52.2 Å². The largest absolute Gasteiger partial charge is 0.486 e. The van der Waals surface area contributed by atoms with Gasteiger partial charge in [-0.25, -0.2) is 0 Å². The van der Waals surface area contributed by atoms with Crippen molar-refractivity contribution in [2.45, 2.75) is 6.61 Å². The molecule has 0 bridgehead atoms. The Morgan fingerprint density at radius 2 is 2.17 bits per heavy atom. The van der Waals surface area contributed by atoms with Crippen LogP contribution >= 0.6 is 33.9 Å². The number of nitrogens with zero attached hydrogens (tertiary/aromatic N) is 4. The topological polar surface area (TPSA) is 61.4 Å². The third-order valence-electron chi connectivity index (χ3n) is 3.56. The van der Waals surface area contributed by atoms with Gasteiger partial charge < -0.3 is 4.74 Å². The van der Waals surface area contributed by atoms with Crippen molar-refractivity contribution in [1.29, 1.82) is 0 Å². The van der Waals surface area contributed by atoms with Gasteiger partial charge in [0.25, 0.3) is 5.56 Å². The van der Waals surface area contributed by atoms with Crippen molar-refractivity contribution in [3.8, 4) is 5.75 Å². The molecule has 8 heteroatoms. The standard InChI is InChI=1S/C15H11IN4O2S/c1-19-14(21)13-11(5-6-23-13)20-12(17-18-15(19)20)8-22-10-4-2-3-9(16)7-10/h2-7H,8H2,1H3. The van der Waals surface area contributed by atoms with E-state index in [0.29, 0.717) is 16.3 Å². The number of thiophene rings is 1. The van der Waals surface area contributed by atoms with Crippen molar-refractivity contribution in [3.05, 3.63) is 55.5 Å². The third-order valence-corrected chi connectivity index (χ3v) is 5.12. The molecule has 0 saturated heterocycles. The number of hydrogen-bond acceptors (Lipinski definition) is 5. The molecule has 6 nitrogen and oxygen atoms in total. The summed E-state index contributed by atoms with van der Waals surface area (Å²) in [4.78, 5) is 12.3. The third kappa shape index (κ3) is 2.41. The van der Waals surface area contributed by atoms with Crippen LogP contribution < -0.4 is 10.3 Å². The molecule has 1 aromatic carbocycles. The van der Waals surface area contributed by atoms with Gasteiger partial charge in [0, 0.05) is 10.6 Å². The van der Waals surface area contributed by atoms with E-state index < -0.39 is 0 Å². The molecule has 0 saturated carbocycles. The van der Waals surface area contributed by atoms with Gasteiger partial charge in [-0.1, -0.05) is 6.07 Å². The smallest absolute Gasteiger partial charge is 0.272 e. The van der Waals surface area contributed by atoms with E-state index in [4.69, 9.17) is 4.74 Å². The van der Waals surface area contributed by atoms with Crippen molar-refractivity contribution < 1.29 is 4.74 Å². The van der Waals surface area contributed by atoms with Gasteiger partial charge in [0.1, 0.15) is 17.1 Å². The summed E-state index contributed by atoms with van der Waals surface area (Å²) in [6.07, 6.45) is 0. The summed E-state index contributed by atoms with van der Waals surface area (Å²) in [6, 6.07) is 9.72. The number of halogens is 1. The van der Waals surface area contributed by atoms with E-state index in [1.165, 1.54) is 15.9 Å². The lowest BCUT2D eigenvalue weighted by atomic mass is 10.3. The fourth-order valence-electron chi connectivity index (χ4n) is 2.45. The first-order chi connectivity index (χ1) is 11.1. The van der Waals surface area contributed by atoms with E-state index in [2.05, 4.69) is 32.8 Å². The predicted octanol–water partition coefficient (Wildman–Crippen LogP) is 2.83. The summed E-state index contributed by atoms with van der Waals surface area (Å²) in [5, 5.41) is 10.2. The van der Waals surface area contributed by atoms with Crippen molar-refractivity contribution >= 4 is 49.9 Å². The van der Waals surface area contributed by atoms with Crippen LogP contribution in [0.3, 0.4) is 0 Å². The highest BCUT2D eigenvalue weighted by atomic mass is 127. The Labute approximate surface area is 148 Å². The molecular weight excluding hydrogens is 427 g/mol. The lowest BCUT2D eigenvalue weighted by Gasteiger charge is -2.07. The Balaban J connectivity index is 1.80. The predicted molar refractivity (Wildman–Crippen MR) is 97.1 cm³/mol. The minimum atomic E-state index is -0.0556. The van der Waals surface area contributed by atoms with Gasteiger partial charge in [-0.2, -0.15) is 0 Å². The Hall–Kier alpha value is -1.94. The second-order valence-electron chi connectivity index (χ2n) is 5.00. The number of aryl methyl sites for hydroxylation is 1. The molecule has 0 fully saturated rings. The zero-order valence-electron chi connectivity index (χ0n) is 12.1. The first-order valence-corrected chi connectivity index (χ1v) is 8.79. The van der Waals surface area contributed by atoms with Gasteiger partial charge in [0.05, 0.1) is 5.52 Å². The molecule has 0 spiro atoms. The molecule has 0 aliphatic heterocycles. The molecule has 0 unspecified atom stereocenters. The van der Waals surface area contributed by atoms with Crippen LogP contribution in [-0.4, -0.2) is 19.2 Å². The summed E-state index contributed by atoms with van der Waals surface area (Å²) in [6.45, 7) is 0.282. The average Bonchev–Trinajstić information content (AvgIpc) is 3.17. The summed E-state index contributed by atoms with van der Waals surface area (Å²) in [5.41, 5.74) is 0.763. The van der Waals surface area contributed by atoms with Gasteiger partial charge in [0.2, 0.25) is 5.78 Å². The summed E-state index contributed by atoms with van der Waals surface area (Å²) in [7, 11) is 1.70. The zero-order chi connectivity index (χ0) is 16.0. The van der Waals surface area contributed by atoms with Crippen LogP contribution in [0.2, 0.25) is 0 Å². The highest BCUT2D eigenvalue weighted by molar-refractivity contribution is 14.1. The number of rotatable bonds is 3. The second-order valence-corrected chi connectivity index (χ2v) is 7.16. The SMILES string of the molecule is Cn1c(=O)c2sccc2n2c(COc3cccc(I)c3)nnc12. The van der Waals surface area contributed by atoms with Crippen molar-refractivity contribution in [3.63, 3.8) is 0 Å². The summed E-state index contributed by atoms with van der Waals surface area (Å²) >= 11 is 3.66. The van der Waals surface area contributed by atoms with E-state index in [0.717, 1.165) is 14.8 Å². The Kier molecular flexibility index (Phi) is 3.57. The maximum atomic E-state index is 12.3. The van der Waals surface area contributed by atoms with Crippen LogP contribution in [0.25, 0.3) is 16.0 Å². The van der Waals surface area contributed by atoms with E-state index in [1.807, 2.05) is 40.1 Å². The first kappa shape index (κ1) is 14.6. The van der Waals surface area contributed by atoms with Crippen molar-refractivity contribution in [2.75, 3.05) is 0 Å². The molecule has 0 radical (unpaired) electrons. The molecule has 23 heavy (non-hydrogen) atoms. The number of aromatic nitrogens is 4. The van der Waals surface area contributed by atoms with Gasteiger partial charge in [0.15, 0.2) is 5.82 Å². The minimum Gasteiger partial charge on any atom is -0.486 e.